The minimum absolute atomic E-state index is 0.0747. The van der Waals surface area contributed by atoms with E-state index in [-0.39, 0.29) is 24.8 Å². The monoisotopic (exact) mass is 385 g/mol. The van der Waals surface area contributed by atoms with Gasteiger partial charge in [-0.25, -0.2) is 4.79 Å². The summed E-state index contributed by atoms with van der Waals surface area (Å²) in [7, 11) is 0.634. The Morgan fingerprint density at radius 3 is 2.12 bits per heavy atom. The van der Waals surface area contributed by atoms with Crippen LogP contribution < -0.4 is 5.32 Å². The van der Waals surface area contributed by atoms with Gasteiger partial charge >= 0.3 is 13.6 Å². The van der Waals surface area contributed by atoms with E-state index < -0.39 is 25.5 Å². The summed E-state index contributed by atoms with van der Waals surface area (Å²) in [6, 6.07) is 5.43. The van der Waals surface area contributed by atoms with Crippen molar-refractivity contribution in [2.75, 3.05) is 21.3 Å². The van der Waals surface area contributed by atoms with Crippen LogP contribution in [0.3, 0.4) is 0 Å². The van der Waals surface area contributed by atoms with Crippen molar-refractivity contribution in [1.29, 1.82) is 0 Å². The summed E-state index contributed by atoms with van der Waals surface area (Å²) in [5.74, 6) is -1.17. The topological polar surface area (TPSA) is 108 Å². The van der Waals surface area contributed by atoms with Crippen LogP contribution in [0, 0.1) is 0 Å². The second kappa shape index (κ2) is 10.2. The predicted molar refractivity (Wildman–Crippen MR) is 95.0 cm³/mol. The van der Waals surface area contributed by atoms with Gasteiger partial charge in [-0.05, 0) is 31.0 Å². The molecule has 0 heterocycles. The molecule has 8 nitrogen and oxygen atoms in total. The van der Waals surface area contributed by atoms with Crippen molar-refractivity contribution in [3.63, 3.8) is 0 Å². The van der Waals surface area contributed by atoms with Crippen molar-refractivity contribution in [3.05, 3.63) is 35.4 Å². The Morgan fingerprint density at radius 1 is 1.08 bits per heavy atom. The van der Waals surface area contributed by atoms with Gasteiger partial charge in [0.05, 0.1) is 13.3 Å². The first kappa shape index (κ1) is 22.0. The summed E-state index contributed by atoms with van der Waals surface area (Å²) >= 11 is 0. The van der Waals surface area contributed by atoms with E-state index in [0.717, 1.165) is 0 Å². The molecule has 0 saturated carbocycles. The average Bonchev–Trinajstić information content (AvgIpc) is 2.64. The highest BCUT2D eigenvalue weighted by molar-refractivity contribution is 7.52. The number of hydrogen-bond donors (Lipinski definition) is 1. The molecule has 26 heavy (non-hydrogen) atoms. The fourth-order valence-electron chi connectivity index (χ4n) is 2.17. The van der Waals surface area contributed by atoms with E-state index in [9.17, 15) is 18.9 Å². The summed E-state index contributed by atoms with van der Waals surface area (Å²) in [6.45, 7) is 1.41. The van der Waals surface area contributed by atoms with E-state index in [2.05, 4.69) is 10.1 Å². The molecule has 144 valence electrons. The standard InChI is InChI=1S/C17H24NO7P/c1-12(19)5-10-15(17(21)23-2)18-16(20)14-8-6-13(7-9-14)11-26(22,24-3)25-4/h6-9,15H,5,10-11H2,1-4H3,(H,18,20)/t15-/m0/s1. The van der Waals surface area contributed by atoms with Crippen molar-refractivity contribution in [3.8, 4) is 0 Å². The smallest absolute Gasteiger partial charge is 0.334 e. The fraction of sp³-hybridized carbons (Fsp3) is 0.471. The summed E-state index contributed by atoms with van der Waals surface area (Å²) in [5.41, 5.74) is 0.991. The fourth-order valence-corrected chi connectivity index (χ4v) is 3.23. The summed E-state index contributed by atoms with van der Waals surface area (Å²) in [6.07, 6.45) is 0.393. The molecule has 0 fully saturated rings. The summed E-state index contributed by atoms with van der Waals surface area (Å²) in [5, 5.41) is 2.56. The lowest BCUT2D eigenvalue weighted by Crippen LogP contribution is -2.41. The number of benzene rings is 1. The van der Waals surface area contributed by atoms with Crippen molar-refractivity contribution < 1.29 is 32.7 Å². The Hall–Kier alpha value is -2.02. The maximum atomic E-state index is 12.3. The van der Waals surface area contributed by atoms with Gasteiger partial charge in [-0.3, -0.25) is 9.36 Å². The zero-order valence-corrected chi connectivity index (χ0v) is 16.2. The normalized spacial score (nSPS) is 12.3. The molecule has 1 atom stereocenters. The van der Waals surface area contributed by atoms with Gasteiger partial charge in [-0.2, -0.15) is 0 Å². The number of ether oxygens (including phenoxy) is 1. The number of rotatable bonds is 10. The SMILES string of the molecule is COC(=O)[C@H](CCC(C)=O)NC(=O)c1ccc(CP(=O)(OC)OC)cc1. The zero-order valence-electron chi connectivity index (χ0n) is 15.3. The van der Waals surface area contributed by atoms with Crippen LogP contribution in [0.1, 0.15) is 35.7 Å². The number of esters is 1. The van der Waals surface area contributed by atoms with E-state index in [1.54, 1.807) is 24.3 Å². The highest BCUT2D eigenvalue weighted by Crippen LogP contribution is 2.49. The Morgan fingerprint density at radius 2 is 1.65 bits per heavy atom. The molecule has 1 aromatic rings. The van der Waals surface area contributed by atoms with Crippen molar-refractivity contribution in [2.24, 2.45) is 0 Å². The van der Waals surface area contributed by atoms with Crippen LogP contribution in [-0.4, -0.2) is 45.0 Å². The highest BCUT2D eigenvalue weighted by Gasteiger charge is 2.24. The van der Waals surface area contributed by atoms with E-state index in [1.165, 1.54) is 28.3 Å². The molecule has 0 saturated heterocycles. The van der Waals surface area contributed by atoms with E-state index >= 15 is 0 Å². The molecule has 1 aromatic carbocycles. The van der Waals surface area contributed by atoms with Gasteiger partial charge in [0, 0.05) is 26.2 Å². The summed E-state index contributed by atoms with van der Waals surface area (Å²) in [4.78, 5) is 35.2. The molecule has 0 aliphatic rings. The molecular weight excluding hydrogens is 361 g/mol. The number of carbonyl (C=O) groups is 3. The average molecular weight is 385 g/mol. The zero-order chi connectivity index (χ0) is 19.7. The third-order valence-electron chi connectivity index (χ3n) is 3.72. The molecule has 0 aliphatic heterocycles. The number of methoxy groups -OCH3 is 1. The molecule has 0 aromatic heterocycles. The Labute approximate surface area is 152 Å². The maximum absolute atomic E-state index is 12.3. The van der Waals surface area contributed by atoms with Crippen molar-refractivity contribution >= 4 is 25.3 Å². The lowest BCUT2D eigenvalue weighted by atomic mass is 10.1. The first-order valence-corrected chi connectivity index (χ1v) is 9.65. The predicted octanol–water partition coefficient (Wildman–Crippen LogP) is 2.31. The lowest BCUT2D eigenvalue weighted by molar-refractivity contribution is -0.143. The largest absolute Gasteiger partial charge is 0.467 e. The lowest BCUT2D eigenvalue weighted by Gasteiger charge is -2.16. The first-order valence-electron chi connectivity index (χ1n) is 7.92. The molecule has 1 N–H and O–H groups in total. The molecule has 1 rings (SSSR count). The van der Waals surface area contributed by atoms with Gasteiger partial charge < -0.3 is 23.9 Å². The third kappa shape index (κ3) is 6.71. The van der Waals surface area contributed by atoms with Crippen molar-refractivity contribution in [2.45, 2.75) is 32.0 Å². The van der Waals surface area contributed by atoms with Crippen LogP contribution in [0.15, 0.2) is 24.3 Å². The van der Waals surface area contributed by atoms with Crippen molar-refractivity contribution in [1.82, 2.24) is 5.32 Å². The van der Waals surface area contributed by atoms with Crippen LogP contribution in [0.5, 0.6) is 0 Å². The minimum Gasteiger partial charge on any atom is -0.467 e. The molecular formula is C17H24NO7P. The van der Waals surface area contributed by atoms with E-state index in [1.807, 2.05) is 0 Å². The highest BCUT2D eigenvalue weighted by atomic mass is 31.2. The Bertz CT molecular complexity index is 679. The number of amides is 1. The first-order chi connectivity index (χ1) is 12.2. The van der Waals surface area contributed by atoms with Crippen LogP contribution in [0.4, 0.5) is 0 Å². The van der Waals surface area contributed by atoms with Gasteiger partial charge in [0.25, 0.3) is 5.91 Å². The number of hydrogen-bond acceptors (Lipinski definition) is 7. The Balaban J connectivity index is 2.80. The molecule has 9 heteroatoms. The number of ketones is 1. The van der Waals surface area contributed by atoms with Crippen LogP contribution in [0.2, 0.25) is 0 Å². The molecule has 1 amide bonds. The number of carbonyl (C=O) groups excluding carboxylic acids is 3. The molecule has 0 aliphatic carbocycles. The number of Topliss-reactive ketones (excluding diaryl/α,β-unsaturated/α-hetero) is 1. The maximum Gasteiger partial charge on any atom is 0.334 e. The third-order valence-corrected chi connectivity index (χ3v) is 5.59. The quantitative estimate of drug-likeness (QED) is 0.486. The summed E-state index contributed by atoms with van der Waals surface area (Å²) < 4.78 is 26.5. The number of nitrogens with one attached hydrogen (secondary N) is 1. The molecule has 0 spiro atoms. The molecule has 0 radical (unpaired) electrons. The molecule has 0 bridgehead atoms. The van der Waals surface area contributed by atoms with Gasteiger partial charge in [0.15, 0.2) is 0 Å². The van der Waals surface area contributed by atoms with Crippen LogP contribution in [0.25, 0.3) is 0 Å². The van der Waals surface area contributed by atoms with E-state index in [0.29, 0.717) is 11.1 Å². The van der Waals surface area contributed by atoms with E-state index in [4.69, 9.17) is 9.05 Å². The van der Waals surface area contributed by atoms with Gasteiger partial charge in [-0.15, -0.1) is 0 Å². The van der Waals surface area contributed by atoms with Gasteiger partial charge in [0.2, 0.25) is 0 Å². The van der Waals surface area contributed by atoms with Crippen LogP contribution in [-0.2, 0) is 34.1 Å². The van der Waals surface area contributed by atoms with Gasteiger partial charge in [-0.1, -0.05) is 12.1 Å². The Kier molecular flexibility index (Phi) is 8.65. The van der Waals surface area contributed by atoms with Gasteiger partial charge in [0.1, 0.15) is 11.8 Å². The molecule has 0 unspecified atom stereocenters. The second-order valence-electron chi connectivity index (χ2n) is 5.62. The second-order valence-corrected chi connectivity index (χ2v) is 7.89. The minimum atomic E-state index is -3.19. The van der Waals surface area contributed by atoms with Crippen LogP contribution >= 0.6 is 7.60 Å².